The van der Waals surface area contributed by atoms with Crippen LogP contribution in [-0.4, -0.2) is 17.0 Å². The first kappa shape index (κ1) is 8.91. The van der Waals surface area contributed by atoms with Gasteiger partial charge in [0.25, 0.3) is 0 Å². The Hall–Kier alpha value is -0.180. The van der Waals surface area contributed by atoms with Crippen LogP contribution in [0.4, 0.5) is 0 Å². The van der Waals surface area contributed by atoms with Gasteiger partial charge in [0.1, 0.15) is 0 Å². The molecule has 0 saturated carbocycles. The minimum atomic E-state index is 0.221. The molecule has 1 aliphatic heterocycles. The van der Waals surface area contributed by atoms with E-state index in [1.54, 1.807) is 0 Å². The maximum atomic E-state index is 10.8. The van der Waals surface area contributed by atoms with Crippen LogP contribution < -0.4 is 5.32 Å². The average molecular weight is 173 g/mol. The van der Waals surface area contributed by atoms with Crippen LogP contribution in [0.2, 0.25) is 0 Å². The summed E-state index contributed by atoms with van der Waals surface area (Å²) in [6.07, 6.45) is 4.25. The highest BCUT2D eigenvalue weighted by Crippen LogP contribution is 2.19. The molecular weight excluding hydrogens is 158 g/mol. The van der Waals surface area contributed by atoms with E-state index in [0.29, 0.717) is 5.37 Å². The lowest BCUT2D eigenvalue weighted by molar-refractivity contribution is -0.119. The highest BCUT2D eigenvalue weighted by molar-refractivity contribution is 7.99. The number of hydrogen-bond donors (Lipinski definition) is 1. The summed E-state index contributed by atoms with van der Waals surface area (Å²) in [5, 5.41) is 3.35. The van der Waals surface area contributed by atoms with Crippen molar-refractivity contribution in [2.45, 2.75) is 38.0 Å². The summed E-state index contributed by atoms with van der Waals surface area (Å²) in [5.41, 5.74) is 0. The standard InChI is InChI=1S/C8H15NOS/c1-2-3-6-11-8-5-4-7(10)9-8/h8H,2-6H2,1H3,(H,9,10). The van der Waals surface area contributed by atoms with Crippen molar-refractivity contribution in [3.05, 3.63) is 0 Å². The molecule has 0 bridgehead atoms. The van der Waals surface area contributed by atoms with Crippen molar-refractivity contribution in [1.82, 2.24) is 5.32 Å². The Morgan fingerprint density at radius 1 is 1.73 bits per heavy atom. The van der Waals surface area contributed by atoms with Crippen molar-refractivity contribution >= 4 is 17.7 Å². The van der Waals surface area contributed by atoms with Gasteiger partial charge >= 0.3 is 0 Å². The lowest BCUT2D eigenvalue weighted by atomic mass is 10.4. The van der Waals surface area contributed by atoms with Gasteiger partial charge in [-0.3, -0.25) is 4.79 Å². The van der Waals surface area contributed by atoms with Crippen molar-refractivity contribution in [1.29, 1.82) is 0 Å². The van der Waals surface area contributed by atoms with E-state index in [2.05, 4.69) is 12.2 Å². The molecule has 1 amide bonds. The quantitative estimate of drug-likeness (QED) is 0.656. The van der Waals surface area contributed by atoms with E-state index in [4.69, 9.17) is 0 Å². The van der Waals surface area contributed by atoms with Crippen LogP contribution in [0.25, 0.3) is 0 Å². The summed E-state index contributed by atoms with van der Waals surface area (Å²) in [4.78, 5) is 10.8. The molecule has 1 saturated heterocycles. The first-order valence-corrected chi connectivity index (χ1v) is 5.28. The smallest absolute Gasteiger partial charge is 0.220 e. The maximum Gasteiger partial charge on any atom is 0.220 e. The van der Waals surface area contributed by atoms with Crippen LogP contribution in [0.5, 0.6) is 0 Å². The first-order valence-electron chi connectivity index (χ1n) is 4.24. The SMILES string of the molecule is CCCCSC1CCC(=O)N1. The molecule has 2 nitrogen and oxygen atoms in total. The molecule has 0 aromatic heterocycles. The molecule has 1 fully saturated rings. The molecule has 1 unspecified atom stereocenters. The number of amides is 1. The second-order valence-electron chi connectivity index (χ2n) is 2.82. The van der Waals surface area contributed by atoms with E-state index in [1.165, 1.54) is 18.6 Å². The second kappa shape index (κ2) is 4.65. The lowest BCUT2D eigenvalue weighted by Gasteiger charge is -2.07. The van der Waals surface area contributed by atoms with Gasteiger partial charge in [-0.15, -0.1) is 11.8 Å². The fourth-order valence-electron chi connectivity index (χ4n) is 1.08. The average Bonchev–Trinajstić information content (AvgIpc) is 2.37. The Labute approximate surface area is 72.1 Å². The summed E-state index contributed by atoms with van der Waals surface area (Å²) in [6, 6.07) is 0. The third-order valence-corrected chi connectivity index (χ3v) is 3.05. The third-order valence-electron chi connectivity index (χ3n) is 1.77. The molecule has 0 aliphatic carbocycles. The topological polar surface area (TPSA) is 29.1 Å². The van der Waals surface area contributed by atoms with Gasteiger partial charge in [-0.1, -0.05) is 13.3 Å². The van der Waals surface area contributed by atoms with Crippen LogP contribution in [0, 0.1) is 0 Å². The van der Waals surface area contributed by atoms with Crippen molar-refractivity contribution < 1.29 is 4.79 Å². The van der Waals surface area contributed by atoms with Crippen molar-refractivity contribution in [3.8, 4) is 0 Å². The van der Waals surface area contributed by atoms with Gasteiger partial charge in [-0.2, -0.15) is 0 Å². The Kier molecular flexibility index (Phi) is 3.77. The monoisotopic (exact) mass is 173 g/mol. The summed E-state index contributed by atoms with van der Waals surface area (Å²) in [6.45, 7) is 2.19. The van der Waals surface area contributed by atoms with Crippen LogP contribution in [0.1, 0.15) is 32.6 Å². The van der Waals surface area contributed by atoms with E-state index < -0.39 is 0 Å². The number of carbonyl (C=O) groups excluding carboxylic acids is 1. The van der Waals surface area contributed by atoms with Gasteiger partial charge in [0.05, 0.1) is 5.37 Å². The van der Waals surface area contributed by atoms with Gasteiger partial charge in [0.2, 0.25) is 5.91 Å². The summed E-state index contributed by atoms with van der Waals surface area (Å²) in [7, 11) is 0. The zero-order chi connectivity index (χ0) is 8.10. The van der Waals surface area contributed by atoms with Crippen molar-refractivity contribution in [2.75, 3.05) is 5.75 Å². The molecule has 3 heteroatoms. The maximum absolute atomic E-state index is 10.8. The van der Waals surface area contributed by atoms with E-state index in [9.17, 15) is 4.79 Å². The number of carbonyl (C=O) groups is 1. The Morgan fingerprint density at radius 3 is 3.09 bits per heavy atom. The van der Waals surface area contributed by atoms with Crippen LogP contribution in [0.15, 0.2) is 0 Å². The summed E-state index contributed by atoms with van der Waals surface area (Å²) < 4.78 is 0. The molecular formula is C8H15NOS. The van der Waals surface area contributed by atoms with Gasteiger partial charge in [0, 0.05) is 6.42 Å². The van der Waals surface area contributed by atoms with Gasteiger partial charge in [0.15, 0.2) is 0 Å². The molecule has 1 rings (SSSR count). The van der Waals surface area contributed by atoms with E-state index >= 15 is 0 Å². The summed E-state index contributed by atoms with van der Waals surface area (Å²) in [5.74, 6) is 1.40. The van der Waals surface area contributed by atoms with Crippen LogP contribution >= 0.6 is 11.8 Å². The number of unbranched alkanes of at least 4 members (excludes halogenated alkanes) is 1. The first-order chi connectivity index (χ1) is 5.33. The largest absolute Gasteiger partial charge is 0.344 e. The predicted molar refractivity (Wildman–Crippen MR) is 48.5 cm³/mol. The fourth-order valence-corrected chi connectivity index (χ4v) is 2.32. The lowest BCUT2D eigenvalue weighted by Crippen LogP contribution is -2.22. The predicted octanol–water partition coefficient (Wildman–Crippen LogP) is 1.76. The Morgan fingerprint density at radius 2 is 2.55 bits per heavy atom. The zero-order valence-corrected chi connectivity index (χ0v) is 7.75. The molecule has 1 N–H and O–H groups in total. The molecule has 1 aliphatic rings. The highest BCUT2D eigenvalue weighted by Gasteiger charge is 2.19. The molecule has 0 spiro atoms. The molecule has 1 heterocycles. The summed E-state index contributed by atoms with van der Waals surface area (Å²) >= 11 is 1.88. The normalized spacial score (nSPS) is 23.7. The number of hydrogen-bond acceptors (Lipinski definition) is 2. The van der Waals surface area contributed by atoms with E-state index in [-0.39, 0.29) is 5.91 Å². The van der Waals surface area contributed by atoms with Crippen molar-refractivity contribution in [3.63, 3.8) is 0 Å². The van der Waals surface area contributed by atoms with Gasteiger partial charge in [-0.05, 0) is 18.6 Å². The zero-order valence-electron chi connectivity index (χ0n) is 6.93. The number of rotatable bonds is 4. The minimum absolute atomic E-state index is 0.221. The van der Waals surface area contributed by atoms with Gasteiger partial charge in [-0.25, -0.2) is 0 Å². The molecule has 0 aromatic carbocycles. The Bertz CT molecular complexity index is 138. The minimum Gasteiger partial charge on any atom is -0.344 e. The third kappa shape index (κ3) is 3.14. The molecule has 64 valence electrons. The van der Waals surface area contributed by atoms with Crippen LogP contribution in [-0.2, 0) is 4.79 Å². The fraction of sp³-hybridized carbons (Fsp3) is 0.875. The number of nitrogens with one attached hydrogen (secondary N) is 1. The van der Waals surface area contributed by atoms with E-state index in [1.807, 2.05) is 11.8 Å². The molecule has 0 aromatic rings. The van der Waals surface area contributed by atoms with Crippen LogP contribution in [0.3, 0.4) is 0 Å². The highest BCUT2D eigenvalue weighted by atomic mass is 32.2. The molecule has 11 heavy (non-hydrogen) atoms. The molecule has 1 atom stereocenters. The van der Waals surface area contributed by atoms with Crippen molar-refractivity contribution in [2.24, 2.45) is 0 Å². The van der Waals surface area contributed by atoms with E-state index in [0.717, 1.165) is 12.8 Å². The Balaban J connectivity index is 2.04. The second-order valence-corrected chi connectivity index (χ2v) is 4.13. The van der Waals surface area contributed by atoms with Gasteiger partial charge < -0.3 is 5.32 Å². The number of thioether (sulfide) groups is 1. The molecule has 0 radical (unpaired) electrons.